The molecule has 27 heavy (non-hydrogen) atoms. The van der Waals surface area contributed by atoms with Crippen LogP contribution < -0.4 is 5.56 Å². The third-order valence-corrected chi connectivity index (χ3v) is 5.50. The molecule has 7 heteroatoms. The summed E-state index contributed by atoms with van der Waals surface area (Å²) in [6.07, 6.45) is 6.47. The Morgan fingerprint density at radius 3 is 2.78 bits per heavy atom. The normalized spacial score (nSPS) is 17.2. The Morgan fingerprint density at radius 1 is 1.33 bits per heavy atom. The van der Waals surface area contributed by atoms with Crippen molar-refractivity contribution in [3.63, 3.8) is 0 Å². The average Bonchev–Trinajstić information content (AvgIpc) is 3.35. The summed E-state index contributed by atoms with van der Waals surface area (Å²) < 4.78 is 8.82. The first kappa shape index (κ1) is 17.6. The predicted molar refractivity (Wildman–Crippen MR) is 102 cm³/mol. The van der Waals surface area contributed by atoms with E-state index in [-0.39, 0.29) is 23.2 Å². The number of aromatic nitrogens is 3. The van der Waals surface area contributed by atoms with E-state index < -0.39 is 0 Å². The van der Waals surface area contributed by atoms with Crippen LogP contribution in [0.3, 0.4) is 0 Å². The van der Waals surface area contributed by atoms with Gasteiger partial charge in [-0.05, 0) is 39.2 Å². The molecule has 142 valence electrons. The van der Waals surface area contributed by atoms with Gasteiger partial charge in [-0.3, -0.25) is 14.0 Å². The van der Waals surface area contributed by atoms with E-state index in [4.69, 9.17) is 4.42 Å². The molecule has 1 amide bonds. The lowest BCUT2D eigenvalue weighted by molar-refractivity contribution is 0.0728. The Balaban J connectivity index is 1.81. The molecule has 0 N–H and O–H groups in total. The number of hydrogen-bond donors (Lipinski definition) is 0. The van der Waals surface area contributed by atoms with Gasteiger partial charge in [0, 0.05) is 37.6 Å². The maximum absolute atomic E-state index is 12.9. The molecule has 1 atom stereocenters. The molecule has 4 heterocycles. The van der Waals surface area contributed by atoms with Gasteiger partial charge < -0.3 is 13.9 Å². The van der Waals surface area contributed by atoms with E-state index in [2.05, 4.69) is 11.9 Å². The van der Waals surface area contributed by atoms with Crippen molar-refractivity contribution in [1.82, 2.24) is 18.9 Å². The van der Waals surface area contributed by atoms with E-state index in [1.807, 2.05) is 31.0 Å². The Labute approximate surface area is 157 Å². The number of furan rings is 1. The molecule has 3 aromatic heterocycles. The standard InChI is InChI=1S/C20H24N4O3/c1-5-14-7-6-8-24(14)19(25)16-10-23-11-17(15-9-12(2)27-13(15)3)22(4)20(26)18(23)21-16/h9-11,14H,5-8H2,1-4H3/t14-/m1/s1. The number of imidazole rings is 1. The molecule has 0 aromatic carbocycles. The molecular formula is C20H24N4O3. The minimum Gasteiger partial charge on any atom is -0.466 e. The zero-order valence-corrected chi connectivity index (χ0v) is 16.2. The Bertz CT molecular complexity index is 1090. The molecule has 0 aliphatic carbocycles. The summed E-state index contributed by atoms with van der Waals surface area (Å²) in [4.78, 5) is 32.0. The molecule has 3 aromatic rings. The Kier molecular flexibility index (Phi) is 4.17. The van der Waals surface area contributed by atoms with Gasteiger partial charge in [-0.2, -0.15) is 0 Å². The monoisotopic (exact) mass is 368 g/mol. The van der Waals surface area contributed by atoms with Gasteiger partial charge in [0.15, 0.2) is 0 Å². The molecule has 0 saturated carbocycles. The predicted octanol–water partition coefficient (Wildman–Crippen LogP) is 2.92. The topological polar surface area (TPSA) is 72.8 Å². The van der Waals surface area contributed by atoms with Crippen molar-refractivity contribution in [2.24, 2.45) is 7.05 Å². The second kappa shape index (κ2) is 6.40. The average molecular weight is 368 g/mol. The highest BCUT2D eigenvalue weighted by Gasteiger charge is 2.29. The summed E-state index contributed by atoms with van der Waals surface area (Å²) in [7, 11) is 1.71. The summed E-state index contributed by atoms with van der Waals surface area (Å²) in [5.74, 6) is 1.44. The van der Waals surface area contributed by atoms with Gasteiger partial charge >= 0.3 is 0 Å². The maximum atomic E-state index is 12.9. The van der Waals surface area contributed by atoms with Gasteiger partial charge in [-0.1, -0.05) is 6.92 Å². The van der Waals surface area contributed by atoms with Gasteiger partial charge in [0.2, 0.25) is 5.65 Å². The number of carbonyl (C=O) groups excluding carboxylic acids is 1. The van der Waals surface area contributed by atoms with Crippen molar-refractivity contribution in [3.05, 3.63) is 46.0 Å². The summed E-state index contributed by atoms with van der Waals surface area (Å²) in [5.41, 5.74) is 1.93. The highest BCUT2D eigenvalue weighted by molar-refractivity contribution is 5.93. The zero-order chi connectivity index (χ0) is 19.3. The zero-order valence-electron chi connectivity index (χ0n) is 16.2. The molecule has 1 aliphatic heterocycles. The molecule has 4 rings (SSSR count). The van der Waals surface area contributed by atoms with Crippen LogP contribution in [-0.4, -0.2) is 37.3 Å². The summed E-state index contributed by atoms with van der Waals surface area (Å²) in [6.45, 7) is 6.60. The van der Waals surface area contributed by atoms with E-state index in [0.717, 1.165) is 48.6 Å². The smallest absolute Gasteiger partial charge is 0.294 e. The molecule has 0 unspecified atom stereocenters. The van der Waals surface area contributed by atoms with Gasteiger partial charge in [0.05, 0.1) is 5.69 Å². The lowest BCUT2D eigenvalue weighted by Crippen LogP contribution is -2.35. The molecule has 1 fully saturated rings. The fourth-order valence-corrected chi connectivity index (χ4v) is 4.04. The van der Waals surface area contributed by atoms with Crippen LogP contribution >= 0.6 is 0 Å². The first-order chi connectivity index (χ1) is 12.9. The minimum atomic E-state index is -0.238. The largest absolute Gasteiger partial charge is 0.466 e. The van der Waals surface area contributed by atoms with E-state index in [1.54, 1.807) is 22.2 Å². The maximum Gasteiger partial charge on any atom is 0.294 e. The van der Waals surface area contributed by atoms with Crippen molar-refractivity contribution in [3.8, 4) is 11.3 Å². The molecule has 7 nitrogen and oxygen atoms in total. The number of likely N-dealkylation sites (tertiary alicyclic amines) is 1. The molecule has 1 saturated heterocycles. The highest BCUT2D eigenvalue weighted by atomic mass is 16.3. The van der Waals surface area contributed by atoms with Crippen molar-refractivity contribution in [1.29, 1.82) is 0 Å². The Hall–Kier alpha value is -2.83. The van der Waals surface area contributed by atoms with Crippen LogP contribution in [0.1, 0.15) is 48.2 Å². The lowest BCUT2D eigenvalue weighted by atomic mass is 10.1. The third kappa shape index (κ3) is 2.78. The molecule has 0 bridgehead atoms. The molecular weight excluding hydrogens is 344 g/mol. The fraction of sp³-hybridized carbons (Fsp3) is 0.450. The van der Waals surface area contributed by atoms with Crippen LogP contribution in [0, 0.1) is 13.8 Å². The van der Waals surface area contributed by atoms with E-state index in [1.165, 1.54) is 0 Å². The second-order valence-corrected chi connectivity index (χ2v) is 7.27. The van der Waals surface area contributed by atoms with Gasteiger partial charge in [0.25, 0.3) is 11.5 Å². The quantitative estimate of drug-likeness (QED) is 0.712. The van der Waals surface area contributed by atoms with Crippen LogP contribution in [0.2, 0.25) is 0 Å². The van der Waals surface area contributed by atoms with Crippen LogP contribution in [0.4, 0.5) is 0 Å². The molecule has 0 radical (unpaired) electrons. The van der Waals surface area contributed by atoms with Gasteiger partial charge in [-0.25, -0.2) is 4.98 Å². The number of aryl methyl sites for hydroxylation is 2. The minimum absolute atomic E-state index is 0.0954. The van der Waals surface area contributed by atoms with Crippen LogP contribution in [0.15, 0.2) is 27.7 Å². The first-order valence-electron chi connectivity index (χ1n) is 9.37. The Morgan fingerprint density at radius 2 is 2.11 bits per heavy atom. The van der Waals surface area contributed by atoms with E-state index >= 15 is 0 Å². The highest BCUT2D eigenvalue weighted by Crippen LogP contribution is 2.26. The van der Waals surface area contributed by atoms with E-state index in [0.29, 0.717) is 5.69 Å². The van der Waals surface area contributed by atoms with Gasteiger partial charge in [0.1, 0.15) is 17.2 Å². The molecule has 1 aliphatic rings. The third-order valence-electron chi connectivity index (χ3n) is 5.50. The SMILES string of the molecule is CC[C@@H]1CCCN1C(=O)c1cn2cc(-c3cc(C)oc3C)n(C)c(=O)c2n1. The summed E-state index contributed by atoms with van der Waals surface area (Å²) >= 11 is 0. The number of amides is 1. The summed E-state index contributed by atoms with van der Waals surface area (Å²) in [5, 5.41) is 0. The molecule has 0 spiro atoms. The number of carbonyl (C=O) groups is 1. The van der Waals surface area contributed by atoms with Gasteiger partial charge in [-0.15, -0.1) is 0 Å². The number of rotatable bonds is 3. The van der Waals surface area contributed by atoms with Crippen LogP contribution in [0.5, 0.6) is 0 Å². The second-order valence-electron chi connectivity index (χ2n) is 7.27. The van der Waals surface area contributed by atoms with Crippen LogP contribution in [-0.2, 0) is 7.05 Å². The number of fused-ring (bicyclic) bond motifs is 1. The van der Waals surface area contributed by atoms with Crippen molar-refractivity contribution < 1.29 is 9.21 Å². The number of nitrogens with zero attached hydrogens (tertiary/aromatic N) is 4. The van der Waals surface area contributed by atoms with Crippen molar-refractivity contribution in [2.45, 2.75) is 46.1 Å². The summed E-state index contributed by atoms with van der Waals surface area (Å²) in [6, 6.07) is 2.17. The van der Waals surface area contributed by atoms with Crippen molar-refractivity contribution >= 4 is 11.6 Å². The van der Waals surface area contributed by atoms with Crippen LogP contribution in [0.25, 0.3) is 16.9 Å². The first-order valence-corrected chi connectivity index (χ1v) is 9.37. The number of hydrogen-bond acceptors (Lipinski definition) is 4. The van der Waals surface area contributed by atoms with Crippen molar-refractivity contribution in [2.75, 3.05) is 6.54 Å². The van der Waals surface area contributed by atoms with E-state index in [9.17, 15) is 9.59 Å². The lowest BCUT2D eigenvalue weighted by Gasteiger charge is -2.22. The fourth-order valence-electron chi connectivity index (χ4n) is 4.04.